The van der Waals surface area contributed by atoms with Gasteiger partial charge in [-0.15, -0.1) is 0 Å². The number of hydrogen-bond donors (Lipinski definition) is 2. The van der Waals surface area contributed by atoms with Crippen molar-refractivity contribution in [3.63, 3.8) is 0 Å². The number of aromatic nitrogens is 3. The Morgan fingerprint density at radius 3 is 2.44 bits per heavy atom. The summed E-state index contributed by atoms with van der Waals surface area (Å²) in [4.78, 5) is 35.7. The highest BCUT2D eigenvalue weighted by molar-refractivity contribution is 6.07. The first kappa shape index (κ1) is 10.0. The van der Waals surface area contributed by atoms with Crippen molar-refractivity contribution in [2.45, 2.75) is 0 Å². The zero-order chi connectivity index (χ0) is 11.5. The molecule has 0 spiro atoms. The van der Waals surface area contributed by atoms with Crippen molar-refractivity contribution in [3.8, 4) is 0 Å². The summed E-state index contributed by atoms with van der Waals surface area (Å²) >= 11 is 0. The van der Waals surface area contributed by atoms with Gasteiger partial charge in [-0.3, -0.25) is 14.6 Å². The fourth-order valence-electron chi connectivity index (χ4n) is 1.23. The summed E-state index contributed by atoms with van der Waals surface area (Å²) < 4.78 is 0. The van der Waals surface area contributed by atoms with Crippen LogP contribution in [0, 0.1) is 0 Å². The topological polar surface area (TPSA) is 95.7 Å². The van der Waals surface area contributed by atoms with E-state index in [1.54, 1.807) is 30.3 Å². The lowest BCUT2D eigenvalue weighted by atomic mass is 10.1. The van der Waals surface area contributed by atoms with Crippen molar-refractivity contribution in [3.05, 3.63) is 62.4 Å². The third-order valence-electron chi connectivity index (χ3n) is 1.96. The van der Waals surface area contributed by atoms with E-state index in [9.17, 15) is 14.4 Å². The molecule has 2 rings (SSSR count). The highest BCUT2D eigenvalue weighted by Gasteiger charge is 2.14. The number of H-pyrrole nitrogens is 2. The summed E-state index contributed by atoms with van der Waals surface area (Å²) in [7, 11) is 0. The van der Waals surface area contributed by atoms with E-state index >= 15 is 0 Å². The van der Waals surface area contributed by atoms with E-state index in [0.29, 0.717) is 5.56 Å². The number of rotatable bonds is 2. The lowest BCUT2D eigenvalue weighted by Crippen LogP contribution is -2.30. The van der Waals surface area contributed by atoms with Gasteiger partial charge in [0.15, 0.2) is 5.69 Å². The van der Waals surface area contributed by atoms with E-state index in [4.69, 9.17) is 0 Å². The SMILES string of the molecule is O=C(c1ccccc1)c1n[nH]c(=O)[nH]c1=O. The molecule has 80 valence electrons. The average molecular weight is 217 g/mol. The Bertz CT molecular complexity index is 628. The minimum Gasteiger partial charge on any atom is -0.287 e. The zero-order valence-electron chi connectivity index (χ0n) is 8.06. The molecule has 2 N–H and O–H groups in total. The molecule has 1 aromatic heterocycles. The Morgan fingerprint density at radius 2 is 1.81 bits per heavy atom. The summed E-state index contributed by atoms with van der Waals surface area (Å²) in [5.74, 6) is -0.530. The molecule has 0 bridgehead atoms. The molecule has 6 heteroatoms. The number of aromatic amines is 2. The van der Waals surface area contributed by atoms with Crippen LogP contribution in [0.3, 0.4) is 0 Å². The summed E-state index contributed by atoms with van der Waals surface area (Å²) in [5.41, 5.74) is -1.52. The maximum Gasteiger partial charge on any atom is 0.342 e. The lowest BCUT2D eigenvalue weighted by Gasteiger charge is -1.97. The van der Waals surface area contributed by atoms with Gasteiger partial charge in [-0.05, 0) is 0 Å². The van der Waals surface area contributed by atoms with E-state index in [0.717, 1.165) is 0 Å². The van der Waals surface area contributed by atoms with Crippen molar-refractivity contribution in [1.82, 2.24) is 15.2 Å². The fraction of sp³-hybridized carbons (Fsp3) is 0. The Kier molecular flexibility index (Phi) is 2.47. The summed E-state index contributed by atoms with van der Waals surface area (Å²) in [5, 5.41) is 5.43. The van der Waals surface area contributed by atoms with Crippen LogP contribution in [0.4, 0.5) is 0 Å². The number of ketones is 1. The van der Waals surface area contributed by atoms with E-state index < -0.39 is 17.0 Å². The molecular weight excluding hydrogens is 210 g/mol. The first-order chi connectivity index (χ1) is 7.68. The molecule has 2 aromatic rings. The van der Waals surface area contributed by atoms with Gasteiger partial charge >= 0.3 is 5.69 Å². The van der Waals surface area contributed by atoms with Gasteiger partial charge in [0, 0.05) is 5.56 Å². The Morgan fingerprint density at radius 1 is 1.12 bits per heavy atom. The van der Waals surface area contributed by atoms with Crippen LogP contribution in [-0.2, 0) is 0 Å². The number of nitrogens with zero attached hydrogens (tertiary/aromatic N) is 1. The number of nitrogens with one attached hydrogen (secondary N) is 2. The van der Waals surface area contributed by atoms with Crippen molar-refractivity contribution >= 4 is 5.78 Å². The van der Waals surface area contributed by atoms with Crippen molar-refractivity contribution < 1.29 is 4.79 Å². The Balaban J connectivity index is 2.51. The van der Waals surface area contributed by atoms with E-state index in [-0.39, 0.29) is 5.69 Å². The summed E-state index contributed by atoms with van der Waals surface area (Å²) in [6.07, 6.45) is 0. The van der Waals surface area contributed by atoms with Gasteiger partial charge in [0.25, 0.3) is 5.56 Å². The first-order valence-corrected chi connectivity index (χ1v) is 4.47. The maximum atomic E-state index is 11.8. The second kappa shape index (κ2) is 3.93. The molecule has 0 atom stereocenters. The fourth-order valence-corrected chi connectivity index (χ4v) is 1.23. The second-order valence-electron chi connectivity index (χ2n) is 3.05. The quantitative estimate of drug-likeness (QED) is 0.674. The van der Waals surface area contributed by atoms with Crippen molar-refractivity contribution in [2.75, 3.05) is 0 Å². The van der Waals surface area contributed by atoms with Gasteiger partial charge in [-0.2, -0.15) is 5.10 Å². The Labute approximate surface area is 89.0 Å². The molecule has 0 aliphatic heterocycles. The minimum atomic E-state index is -0.794. The van der Waals surface area contributed by atoms with Gasteiger partial charge in [0.05, 0.1) is 0 Å². The third kappa shape index (κ3) is 1.81. The molecule has 6 nitrogen and oxygen atoms in total. The van der Waals surface area contributed by atoms with Crippen molar-refractivity contribution in [1.29, 1.82) is 0 Å². The minimum absolute atomic E-state index is 0.328. The standard InChI is InChI=1S/C10H7N3O3/c14-8(6-4-2-1-3-5-6)7-9(15)11-10(16)13-12-7/h1-5H,(H2,11,13,15,16). The highest BCUT2D eigenvalue weighted by atomic mass is 16.2. The number of benzene rings is 1. The smallest absolute Gasteiger partial charge is 0.287 e. The van der Waals surface area contributed by atoms with Gasteiger partial charge in [0.1, 0.15) is 0 Å². The van der Waals surface area contributed by atoms with Crippen LogP contribution < -0.4 is 11.2 Å². The molecule has 0 aliphatic carbocycles. The first-order valence-electron chi connectivity index (χ1n) is 4.47. The zero-order valence-corrected chi connectivity index (χ0v) is 8.06. The Hall–Kier alpha value is -2.50. The number of hydrogen-bond acceptors (Lipinski definition) is 4. The average Bonchev–Trinajstić information content (AvgIpc) is 2.29. The molecule has 0 amide bonds. The molecule has 1 heterocycles. The maximum absolute atomic E-state index is 11.8. The van der Waals surface area contributed by atoms with Gasteiger partial charge in [-0.1, -0.05) is 30.3 Å². The van der Waals surface area contributed by atoms with E-state index in [1.807, 2.05) is 10.1 Å². The highest BCUT2D eigenvalue weighted by Crippen LogP contribution is 2.02. The van der Waals surface area contributed by atoms with Crippen LogP contribution >= 0.6 is 0 Å². The van der Waals surface area contributed by atoms with Crippen LogP contribution in [0.1, 0.15) is 16.1 Å². The monoisotopic (exact) mass is 217 g/mol. The van der Waals surface area contributed by atoms with Crippen LogP contribution in [-0.4, -0.2) is 21.0 Å². The van der Waals surface area contributed by atoms with Crippen molar-refractivity contribution in [2.24, 2.45) is 0 Å². The predicted molar refractivity (Wildman–Crippen MR) is 55.4 cm³/mol. The van der Waals surface area contributed by atoms with Crippen LogP contribution in [0.5, 0.6) is 0 Å². The van der Waals surface area contributed by atoms with Crippen LogP contribution in [0.15, 0.2) is 39.9 Å². The predicted octanol–water partition coefficient (Wildman–Crippen LogP) is -0.311. The molecule has 0 radical (unpaired) electrons. The molecule has 16 heavy (non-hydrogen) atoms. The van der Waals surface area contributed by atoms with Gasteiger partial charge in [-0.25, -0.2) is 9.89 Å². The largest absolute Gasteiger partial charge is 0.342 e. The van der Waals surface area contributed by atoms with Crippen LogP contribution in [0.25, 0.3) is 0 Å². The van der Waals surface area contributed by atoms with E-state index in [2.05, 4.69) is 5.10 Å². The molecule has 0 saturated carbocycles. The van der Waals surface area contributed by atoms with E-state index in [1.165, 1.54) is 0 Å². The second-order valence-corrected chi connectivity index (χ2v) is 3.05. The number of carbonyl (C=O) groups excluding carboxylic acids is 1. The summed E-state index contributed by atoms with van der Waals surface area (Å²) in [6, 6.07) is 8.23. The van der Waals surface area contributed by atoms with Gasteiger partial charge in [0.2, 0.25) is 5.78 Å². The molecule has 0 aliphatic rings. The van der Waals surface area contributed by atoms with Crippen LogP contribution in [0.2, 0.25) is 0 Å². The normalized spacial score (nSPS) is 10.0. The molecule has 1 aromatic carbocycles. The molecule has 0 fully saturated rings. The summed E-state index contributed by atoms with van der Waals surface area (Å²) in [6.45, 7) is 0. The molecular formula is C10H7N3O3. The number of carbonyl (C=O) groups is 1. The molecule has 0 saturated heterocycles. The molecule has 0 unspecified atom stereocenters. The lowest BCUT2D eigenvalue weighted by molar-refractivity contribution is 0.103. The third-order valence-corrected chi connectivity index (χ3v) is 1.96. The van der Waals surface area contributed by atoms with Gasteiger partial charge < -0.3 is 0 Å².